The van der Waals surface area contributed by atoms with Crippen LogP contribution in [0.15, 0.2) is 30.3 Å². The van der Waals surface area contributed by atoms with E-state index in [4.69, 9.17) is 4.74 Å². The second kappa shape index (κ2) is 8.74. The molecule has 8 heteroatoms. The Hall–Kier alpha value is -3.00. The van der Waals surface area contributed by atoms with Crippen LogP contribution in [-0.2, 0) is 9.53 Å². The Kier molecular flexibility index (Phi) is 6.41. The van der Waals surface area contributed by atoms with Crippen LogP contribution in [-0.4, -0.2) is 42.0 Å². The molecule has 0 radical (unpaired) electrons. The number of hydrogen-bond donors (Lipinski definition) is 3. The number of anilines is 3. The van der Waals surface area contributed by atoms with E-state index in [-0.39, 0.29) is 17.5 Å². The number of methoxy groups -OCH3 is 1. The Bertz CT molecular complexity index is 764. The number of nitrogens with zero attached hydrogens (tertiary/aromatic N) is 2. The molecule has 0 saturated heterocycles. The fraction of sp³-hybridized carbons (Fsp3) is 0.294. The molecule has 0 aliphatic carbocycles. The maximum Gasteiger partial charge on any atom is 0.274 e. The molecule has 0 atom stereocenters. The average molecular weight is 343 g/mol. The number of aryl methyl sites for hydroxylation is 1. The number of amides is 2. The van der Waals surface area contributed by atoms with E-state index in [1.54, 1.807) is 44.4 Å². The Balaban J connectivity index is 2.11. The van der Waals surface area contributed by atoms with Crippen LogP contribution < -0.4 is 16.0 Å². The standard InChI is InChI=1S/C17H21N5O3/c1-11-9-15(22-17(19-11)18-7-8-25-3)16(24)21-14-6-4-5-13(10-14)20-12(2)23/h4-6,9-10H,7-8H2,1-3H3,(H,20,23)(H,21,24)(H,18,19,22). The lowest BCUT2D eigenvalue weighted by Gasteiger charge is -2.10. The highest BCUT2D eigenvalue weighted by molar-refractivity contribution is 6.03. The summed E-state index contributed by atoms with van der Waals surface area (Å²) in [6.07, 6.45) is 0. The van der Waals surface area contributed by atoms with Gasteiger partial charge in [0.25, 0.3) is 5.91 Å². The van der Waals surface area contributed by atoms with Crippen molar-refractivity contribution in [2.24, 2.45) is 0 Å². The third-order valence-electron chi connectivity index (χ3n) is 3.12. The molecule has 25 heavy (non-hydrogen) atoms. The largest absolute Gasteiger partial charge is 0.383 e. The van der Waals surface area contributed by atoms with Crippen molar-refractivity contribution in [1.82, 2.24) is 9.97 Å². The van der Waals surface area contributed by atoms with Gasteiger partial charge in [-0.3, -0.25) is 9.59 Å². The molecule has 132 valence electrons. The number of benzene rings is 1. The van der Waals surface area contributed by atoms with Gasteiger partial charge in [-0.2, -0.15) is 0 Å². The van der Waals surface area contributed by atoms with Gasteiger partial charge in [-0.05, 0) is 31.2 Å². The van der Waals surface area contributed by atoms with E-state index in [0.717, 1.165) is 0 Å². The van der Waals surface area contributed by atoms with Crippen LogP contribution in [0.4, 0.5) is 17.3 Å². The fourth-order valence-electron chi connectivity index (χ4n) is 2.10. The quantitative estimate of drug-likeness (QED) is 0.665. The molecule has 0 unspecified atom stereocenters. The lowest BCUT2D eigenvalue weighted by Crippen LogP contribution is -2.17. The third-order valence-corrected chi connectivity index (χ3v) is 3.12. The second-order valence-corrected chi connectivity index (χ2v) is 5.35. The molecule has 2 aromatic rings. The summed E-state index contributed by atoms with van der Waals surface area (Å²) in [5.74, 6) is -0.170. The molecule has 2 amide bonds. The molecule has 0 aliphatic rings. The topological polar surface area (TPSA) is 105 Å². The van der Waals surface area contributed by atoms with Gasteiger partial charge in [-0.1, -0.05) is 6.07 Å². The first-order valence-corrected chi connectivity index (χ1v) is 7.75. The molecule has 1 aromatic carbocycles. The molecule has 3 N–H and O–H groups in total. The minimum atomic E-state index is -0.361. The van der Waals surface area contributed by atoms with Crippen LogP contribution in [0, 0.1) is 6.92 Å². The van der Waals surface area contributed by atoms with E-state index < -0.39 is 0 Å². The normalized spacial score (nSPS) is 10.2. The van der Waals surface area contributed by atoms with Crippen molar-refractivity contribution in [3.8, 4) is 0 Å². The van der Waals surface area contributed by atoms with Gasteiger partial charge in [-0.15, -0.1) is 0 Å². The minimum absolute atomic E-state index is 0.179. The van der Waals surface area contributed by atoms with Gasteiger partial charge in [0.1, 0.15) is 5.69 Å². The maximum atomic E-state index is 12.4. The Morgan fingerprint density at radius 2 is 1.84 bits per heavy atom. The molecule has 1 aromatic heterocycles. The van der Waals surface area contributed by atoms with E-state index in [2.05, 4.69) is 25.9 Å². The van der Waals surface area contributed by atoms with Crippen LogP contribution >= 0.6 is 0 Å². The van der Waals surface area contributed by atoms with E-state index >= 15 is 0 Å². The highest BCUT2D eigenvalue weighted by atomic mass is 16.5. The summed E-state index contributed by atoms with van der Waals surface area (Å²) in [6.45, 7) is 4.26. The summed E-state index contributed by atoms with van der Waals surface area (Å²) >= 11 is 0. The maximum absolute atomic E-state index is 12.4. The molecular weight excluding hydrogens is 322 g/mol. The van der Waals surface area contributed by atoms with Crippen molar-refractivity contribution in [1.29, 1.82) is 0 Å². The zero-order valence-electron chi connectivity index (χ0n) is 14.4. The fourth-order valence-corrected chi connectivity index (χ4v) is 2.10. The van der Waals surface area contributed by atoms with Gasteiger partial charge in [0.05, 0.1) is 6.61 Å². The Labute approximate surface area is 146 Å². The molecule has 0 aliphatic heterocycles. The minimum Gasteiger partial charge on any atom is -0.383 e. The Morgan fingerprint density at radius 1 is 1.12 bits per heavy atom. The molecular formula is C17H21N5O3. The SMILES string of the molecule is COCCNc1nc(C)cc(C(=O)Nc2cccc(NC(C)=O)c2)n1. The van der Waals surface area contributed by atoms with Crippen molar-refractivity contribution in [2.75, 3.05) is 36.2 Å². The van der Waals surface area contributed by atoms with Crippen LogP contribution in [0.1, 0.15) is 23.1 Å². The molecule has 1 heterocycles. The summed E-state index contributed by atoms with van der Waals surface area (Å²) in [5, 5.41) is 8.43. The molecule has 8 nitrogen and oxygen atoms in total. The van der Waals surface area contributed by atoms with Crippen LogP contribution in [0.25, 0.3) is 0 Å². The first-order chi connectivity index (χ1) is 12.0. The summed E-state index contributed by atoms with van der Waals surface area (Å²) in [6, 6.07) is 8.49. The van der Waals surface area contributed by atoms with Crippen molar-refractivity contribution in [3.63, 3.8) is 0 Å². The van der Waals surface area contributed by atoms with Crippen LogP contribution in [0.3, 0.4) is 0 Å². The van der Waals surface area contributed by atoms with E-state index in [1.807, 2.05) is 0 Å². The third kappa shape index (κ3) is 5.85. The van der Waals surface area contributed by atoms with Crippen molar-refractivity contribution >= 4 is 29.1 Å². The van der Waals surface area contributed by atoms with E-state index in [9.17, 15) is 9.59 Å². The van der Waals surface area contributed by atoms with Gasteiger partial charge in [0.15, 0.2) is 0 Å². The van der Waals surface area contributed by atoms with Gasteiger partial charge >= 0.3 is 0 Å². The van der Waals surface area contributed by atoms with Crippen molar-refractivity contribution in [3.05, 3.63) is 41.7 Å². The summed E-state index contributed by atoms with van der Waals surface area (Å²) < 4.78 is 4.96. The predicted octanol–water partition coefficient (Wildman–Crippen LogP) is 2.05. The highest BCUT2D eigenvalue weighted by Crippen LogP contribution is 2.16. The summed E-state index contributed by atoms with van der Waals surface area (Å²) in [4.78, 5) is 32.0. The molecule has 2 rings (SSSR count). The molecule has 0 fully saturated rings. The molecule has 0 spiro atoms. The van der Waals surface area contributed by atoms with Crippen LogP contribution in [0.5, 0.6) is 0 Å². The van der Waals surface area contributed by atoms with Crippen molar-refractivity contribution in [2.45, 2.75) is 13.8 Å². The summed E-state index contributed by atoms with van der Waals surface area (Å²) in [7, 11) is 1.60. The first kappa shape index (κ1) is 18.3. The van der Waals surface area contributed by atoms with Crippen LogP contribution in [0.2, 0.25) is 0 Å². The molecule has 0 saturated carbocycles. The smallest absolute Gasteiger partial charge is 0.274 e. The van der Waals surface area contributed by atoms with E-state index in [1.165, 1.54) is 6.92 Å². The zero-order chi connectivity index (χ0) is 18.2. The second-order valence-electron chi connectivity index (χ2n) is 5.35. The predicted molar refractivity (Wildman–Crippen MR) is 95.8 cm³/mol. The number of hydrogen-bond acceptors (Lipinski definition) is 6. The molecule has 0 bridgehead atoms. The Morgan fingerprint density at radius 3 is 2.52 bits per heavy atom. The van der Waals surface area contributed by atoms with Gasteiger partial charge < -0.3 is 20.7 Å². The number of carbonyl (C=O) groups excluding carboxylic acids is 2. The zero-order valence-corrected chi connectivity index (χ0v) is 14.4. The number of aromatic nitrogens is 2. The highest BCUT2D eigenvalue weighted by Gasteiger charge is 2.11. The van der Waals surface area contributed by atoms with Gasteiger partial charge in [0.2, 0.25) is 11.9 Å². The number of ether oxygens (including phenoxy) is 1. The average Bonchev–Trinajstić information content (AvgIpc) is 2.54. The monoisotopic (exact) mass is 343 g/mol. The number of carbonyl (C=O) groups is 2. The lowest BCUT2D eigenvalue weighted by atomic mass is 10.2. The number of rotatable bonds is 7. The van der Waals surface area contributed by atoms with E-state index in [0.29, 0.717) is 36.2 Å². The first-order valence-electron chi connectivity index (χ1n) is 7.75. The summed E-state index contributed by atoms with van der Waals surface area (Å²) in [5.41, 5.74) is 2.08. The number of nitrogens with one attached hydrogen (secondary N) is 3. The van der Waals surface area contributed by atoms with Crippen molar-refractivity contribution < 1.29 is 14.3 Å². The van der Waals surface area contributed by atoms with Gasteiger partial charge in [0, 0.05) is 37.6 Å². The van der Waals surface area contributed by atoms with Gasteiger partial charge in [-0.25, -0.2) is 9.97 Å². The lowest BCUT2D eigenvalue weighted by molar-refractivity contribution is -0.114.